The molecular formula is C19H27ClN6O. The summed E-state index contributed by atoms with van der Waals surface area (Å²) in [6, 6.07) is 8.02. The Morgan fingerprint density at radius 3 is 2.70 bits per heavy atom. The second kappa shape index (κ2) is 9.60. The number of nitrogens with zero attached hydrogens (tertiary/aromatic N) is 5. The number of benzene rings is 1. The number of halogens is 1. The summed E-state index contributed by atoms with van der Waals surface area (Å²) in [7, 11) is 0. The van der Waals surface area contributed by atoms with Gasteiger partial charge in [-0.2, -0.15) is 4.98 Å². The summed E-state index contributed by atoms with van der Waals surface area (Å²) < 4.78 is 5.15. The van der Waals surface area contributed by atoms with Crippen LogP contribution in [0.4, 0.5) is 5.69 Å². The highest BCUT2D eigenvalue weighted by atomic mass is 35.5. The van der Waals surface area contributed by atoms with E-state index in [0.29, 0.717) is 11.7 Å². The molecule has 1 aliphatic rings. The minimum Gasteiger partial charge on any atom is -0.367 e. The van der Waals surface area contributed by atoms with E-state index in [2.05, 4.69) is 38.2 Å². The summed E-state index contributed by atoms with van der Waals surface area (Å²) in [4.78, 5) is 13.6. The predicted molar refractivity (Wildman–Crippen MR) is 109 cm³/mol. The fourth-order valence-corrected chi connectivity index (χ4v) is 3.41. The van der Waals surface area contributed by atoms with Crippen LogP contribution in [0.3, 0.4) is 0 Å². The average molecular weight is 391 g/mol. The van der Waals surface area contributed by atoms with E-state index in [1.807, 2.05) is 25.1 Å². The minimum atomic E-state index is 0.679. The molecule has 1 aromatic heterocycles. The van der Waals surface area contributed by atoms with E-state index in [1.54, 1.807) is 0 Å². The van der Waals surface area contributed by atoms with Gasteiger partial charge in [-0.1, -0.05) is 28.9 Å². The number of anilines is 1. The number of guanidine groups is 1. The number of para-hydroxylation sites is 1. The first-order valence-electron chi connectivity index (χ1n) is 9.49. The highest BCUT2D eigenvalue weighted by Gasteiger charge is 2.20. The summed E-state index contributed by atoms with van der Waals surface area (Å²) in [6.45, 7) is 9.19. The maximum Gasteiger partial charge on any atom is 0.226 e. The molecule has 0 radical (unpaired) electrons. The van der Waals surface area contributed by atoms with Crippen LogP contribution < -0.4 is 10.2 Å². The quantitative estimate of drug-likeness (QED) is 0.464. The molecule has 0 unspecified atom stereocenters. The molecule has 0 saturated carbocycles. The van der Waals surface area contributed by atoms with Gasteiger partial charge in [-0.25, -0.2) is 0 Å². The lowest BCUT2D eigenvalue weighted by molar-refractivity contribution is 0.368. The molecule has 27 heavy (non-hydrogen) atoms. The van der Waals surface area contributed by atoms with E-state index in [0.717, 1.165) is 68.8 Å². The van der Waals surface area contributed by atoms with Crippen molar-refractivity contribution < 1.29 is 4.52 Å². The van der Waals surface area contributed by atoms with Gasteiger partial charge >= 0.3 is 0 Å². The Morgan fingerprint density at radius 2 is 2.04 bits per heavy atom. The van der Waals surface area contributed by atoms with Gasteiger partial charge in [0.1, 0.15) is 0 Å². The predicted octanol–water partition coefficient (Wildman–Crippen LogP) is 2.75. The Morgan fingerprint density at radius 1 is 1.26 bits per heavy atom. The molecule has 0 amide bonds. The van der Waals surface area contributed by atoms with Gasteiger partial charge in [0.2, 0.25) is 5.89 Å². The molecule has 7 nitrogen and oxygen atoms in total. The number of rotatable bonds is 6. The highest BCUT2D eigenvalue weighted by molar-refractivity contribution is 6.33. The maximum atomic E-state index is 6.33. The van der Waals surface area contributed by atoms with Crippen molar-refractivity contribution in [3.8, 4) is 0 Å². The van der Waals surface area contributed by atoms with E-state index in [9.17, 15) is 0 Å². The molecule has 1 saturated heterocycles. The second-order valence-corrected chi connectivity index (χ2v) is 6.91. The van der Waals surface area contributed by atoms with E-state index in [4.69, 9.17) is 21.1 Å². The molecule has 8 heteroatoms. The van der Waals surface area contributed by atoms with Crippen LogP contribution in [-0.4, -0.2) is 60.3 Å². The van der Waals surface area contributed by atoms with Gasteiger partial charge in [-0.05, 0) is 32.4 Å². The number of aromatic nitrogens is 2. The van der Waals surface area contributed by atoms with Crippen LogP contribution in [-0.2, 0) is 6.42 Å². The van der Waals surface area contributed by atoms with Crippen molar-refractivity contribution in [3.63, 3.8) is 0 Å². The van der Waals surface area contributed by atoms with E-state index >= 15 is 0 Å². The summed E-state index contributed by atoms with van der Waals surface area (Å²) >= 11 is 6.33. The highest BCUT2D eigenvalue weighted by Crippen LogP contribution is 2.26. The number of aliphatic imine (C=N–C) groups is 1. The summed E-state index contributed by atoms with van der Waals surface area (Å²) in [5.74, 6) is 2.33. The van der Waals surface area contributed by atoms with Crippen LogP contribution in [0.15, 0.2) is 33.8 Å². The van der Waals surface area contributed by atoms with Crippen molar-refractivity contribution in [3.05, 3.63) is 41.0 Å². The van der Waals surface area contributed by atoms with Gasteiger partial charge in [0.05, 0.1) is 10.7 Å². The first-order valence-corrected chi connectivity index (χ1v) is 9.87. The first kappa shape index (κ1) is 19.5. The number of aryl methyl sites for hydroxylation is 2. The number of hydrogen-bond donors (Lipinski definition) is 1. The molecule has 0 atom stereocenters. The monoisotopic (exact) mass is 390 g/mol. The third-order valence-electron chi connectivity index (χ3n) is 4.49. The minimum absolute atomic E-state index is 0.679. The second-order valence-electron chi connectivity index (χ2n) is 6.50. The fourth-order valence-electron chi connectivity index (χ4n) is 3.15. The molecule has 2 heterocycles. The molecule has 146 valence electrons. The lowest BCUT2D eigenvalue weighted by Gasteiger charge is -2.38. The van der Waals surface area contributed by atoms with Gasteiger partial charge in [-0.15, -0.1) is 0 Å². The fraction of sp³-hybridized carbons (Fsp3) is 0.526. The van der Waals surface area contributed by atoms with Crippen molar-refractivity contribution in [2.45, 2.75) is 26.7 Å². The van der Waals surface area contributed by atoms with Crippen LogP contribution >= 0.6 is 11.6 Å². The van der Waals surface area contributed by atoms with Crippen LogP contribution in [0.5, 0.6) is 0 Å². The molecule has 0 aliphatic carbocycles. The SMILES string of the molecule is CCNC(=NCCCc1nc(C)no1)N1CCN(c2ccccc2Cl)CC1. The standard InChI is InChI=1S/C19H27ClN6O/c1-3-21-19(22-10-6-9-18-23-15(2)24-27-18)26-13-11-25(12-14-26)17-8-5-4-7-16(17)20/h4-5,7-8H,3,6,9-14H2,1-2H3,(H,21,22). The topological polar surface area (TPSA) is 69.8 Å². The Hall–Kier alpha value is -2.28. The van der Waals surface area contributed by atoms with Crippen LogP contribution in [0.1, 0.15) is 25.1 Å². The molecular weight excluding hydrogens is 364 g/mol. The zero-order valence-electron chi connectivity index (χ0n) is 16.0. The van der Waals surface area contributed by atoms with Crippen molar-refractivity contribution in [1.29, 1.82) is 0 Å². The number of hydrogen-bond acceptors (Lipinski definition) is 5. The van der Waals surface area contributed by atoms with Crippen LogP contribution in [0.2, 0.25) is 5.02 Å². The van der Waals surface area contributed by atoms with Crippen LogP contribution in [0, 0.1) is 6.92 Å². The Balaban J connectivity index is 1.52. The summed E-state index contributed by atoms with van der Waals surface area (Å²) in [5, 5.41) is 8.02. The van der Waals surface area contributed by atoms with Gasteiger partial charge in [0.15, 0.2) is 11.8 Å². The molecule has 1 aliphatic heterocycles. The number of piperazine rings is 1. The average Bonchev–Trinajstić information content (AvgIpc) is 3.10. The molecule has 1 aromatic carbocycles. The van der Waals surface area contributed by atoms with Gasteiger partial charge < -0.3 is 19.6 Å². The zero-order valence-corrected chi connectivity index (χ0v) is 16.7. The summed E-state index contributed by atoms with van der Waals surface area (Å²) in [6.07, 6.45) is 1.64. The van der Waals surface area contributed by atoms with E-state index in [1.165, 1.54) is 0 Å². The van der Waals surface area contributed by atoms with Crippen molar-refractivity contribution in [1.82, 2.24) is 20.4 Å². The zero-order chi connectivity index (χ0) is 19.1. The summed E-state index contributed by atoms with van der Waals surface area (Å²) in [5.41, 5.74) is 1.11. The Bertz CT molecular complexity index is 754. The third kappa shape index (κ3) is 5.35. The lowest BCUT2D eigenvalue weighted by Crippen LogP contribution is -2.52. The molecule has 0 bridgehead atoms. The van der Waals surface area contributed by atoms with E-state index < -0.39 is 0 Å². The third-order valence-corrected chi connectivity index (χ3v) is 4.81. The Kier molecular flexibility index (Phi) is 6.92. The molecule has 1 N–H and O–H groups in total. The smallest absolute Gasteiger partial charge is 0.226 e. The molecule has 3 rings (SSSR count). The van der Waals surface area contributed by atoms with Gasteiger partial charge in [-0.3, -0.25) is 4.99 Å². The Labute approximate surface area is 165 Å². The van der Waals surface area contributed by atoms with E-state index in [-0.39, 0.29) is 0 Å². The lowest BCUT2D eigenvalue weighted by atomic mass is 10.2. The van der Waals surface area contributed by atoms with Crippen molar-refractivity contribution in [2.75, 3.05) is 44.2 Å². The first-order chi connectivity index (χ1) is 13.2. The molecule has 0 spiro atoms. The number of nitrogens with one attached hydrogen (secondary N) is 1. The van der Waals surface area contributed by atoms with Crippen molar-refractivity contribution >= 4 is 23.2 Å². The molecule has 2 aromatic rings. The van der Waals surface area contributed by atoms with Crippen molar-refractivity contribution in [2.24, 2.45) is 4.99 Å². The van der Waals surface area contributed by atoms with Gasteiger partial charge in [0, 0.05) is 45.7 Å². The van der Waals surface area contributed by atoms with Crippen LogP contribution in [0.25, 0.3) is 0 Å². The van der Waals surface area contributed by atoms with Gasteiger partial charge in [0.25, 0.3) is 0 Å². The normalized spacial score (nSPS) is 15.3. The largest absolute Gasteiger partial charge is 0.367 e. The molecule has 1 fully saturated rings. The maximum absolute atomic E-state index is 6.33.